The van der Waals surface area contributed by atoms with E-state index in [4.69, 9.17) is 5.73 Å². The minimum atomic E-state index is 0. The zero-order valence-electron chi connectivity index (χ0n) is 7.89. The Hall–Kier alpha value is 1.01. The summed E-state index contributed by atoms with van der Waals surface area (Å²) in [5, 5.41) is 0. The van der Waals surface area contributed by atoms with E-state index in [1.807, 2.05) is 0 Å². The van der Waals surface area contributed by atoms with Gasteiger partial charge in [0.25, 0.3) is 0 Å². The maximum Gasteiger partial charge on any atom is 2.00 e. The Balaban J connectivity index is -0.0000000817. The quantitative estimate of drug-likeness (QED) is 0.509. The normalized spacial score (nSPS) is 8.78. The summed E-state index contributed by atoms with van der Waals surface area (Å²) in [4.78, 5) is 0. The molecule has 0 saturated carbocycles. The van der Waals surface area contributed by atoms with Gasteiger partial charge in [0, 0.05) is 5.75 Å². The number of thiocarbonyl (C=S) groups is 1. The van der Waals surface area contributed by atoms with E-state index in [0.29, 0.717) is 10.2 Å². The summed E-state index contributed by atoms with van der Waals surface area (Å²) >= 11 is 6.20. The SMILES string of the molecule is CC(C)CSC(N)=S.[H-].[H-].[Mg+2]. The first-order valence-electron chi connectivity index (χ1n) is 2.55. The third kappa shape index (κ3) is 12.3. The molecule has 0 saturated heterocycles. The Morgan fingerprint density at radius 2 is 2.22 bits per heavy atom. The topological polar surface area (TPSA) is 26.0 Å². The molecular weight excluding hydrogens is 163 g/mol. The summed E-state index contributed by atoms with van der Waals surface area (Å²) < 4.78 is 0.554. The van der Waals surface area contributed by atoms with E-state index >= 15 is 0 Å². The predicted molar refractivity (Wildman–Crippen MR) is 52.1 cm³/mol. The molecule has 0 fully saturated rings. The van der Waals surface area contributed by atoms with Crippen LogP contribution in [0.25, 0.3) is 0 Å². The summed E-state index contributed by atoms with van der Waals surface area (Å²) in [7, 11) is 0. The molecule has 0 atom stereocenters. The van der Waals surface area contributed by atoms with E-state index in [9.17, 15) is 0 Å². The van der Waals surface area contributed by atoms with Crippen molar-refractivity contribution in [2.45, 2.75) is 13.8 Å². The summed E-state index contributed by atoms with van der Waals surface area (Å²) in [5.74, 6) is 1.72. The first-order valence-corrected chi connectivity index (χ1v) is 3.94. The second-order valence-corrected chi connectivity index (χ2v) is 3.78. The molecule has 0 bridgehead atoms. The van der Waals surface area contributed by atoms with Crippen molar-refractivity contribution >= 4 is 51.4 Å². The molecule has 0 rings (SSSR count). The van der Waals surface area contributed by atoms with Gasteiger partial charge in [-0.15, -0.1) is 0 Å². The molecule has 0 aliphatic heterocycles. The monoisotopic (exact) mass is 175 g/mol. The molecule has 0 spiro atoms. The average Bonchev–Trinajstić information content (AvgIpc) is 1.61. The fourth-order valence-electron chi connectivity index (χ4n) is 0.249. The van der Waals surface area contributed by atoms with Crippen molar-refractivity contribution in [1.29, 1.82) is 0 Å². The number of nitrogens with two attached hydrogens (primary N) is 1. The van der Waals surface area contributed by atoms with E-state index in [1.165, 1.54) is 0 Å². The number of hydrogen-bond acceptors (Lipinski definition) is 2. The van der Waals surface area contributed by atoms with E-state index in [2.05, 4.69) is 26.1 Å². The molecule has 0 aromatic heterocycles. The Kier molecular flexibility index (Phi) is 10.0. The van der Waals surface area contributed by atoms with E-state index < -0.39 is 0 Å². The second-order valence-electron chi connectivity index (χ2n) is 2.02. The van der Waals surface area contributed by atoms with Gasteiger partial charge in [-0.1, -0.05) is 37.8 Å². The molecule has 0 unspecified atom stereocenters. The number of thioether (sulfide) groups is 1. The Morgan fingerprint density at radius 3 is 2.33 bits per heavy atom. The van der Waals surface area contributed by atoms with Crippen LogP contribution < -0.4 is 5.73 Å². The fraction of sp³-hybridized carbons (Fsp3) is 0.800. The van der Waals surface area contributed by atoms with Crippen LogP contribution in [0.4, 0.5) is 0 Å². The Bertz CT molecular complexity index is 92.6. The van der Waals surface area contributed by atoms with Crippen molar-refractivity contribution in [1.82, 2.24) is 0 Å². The van der Waals surface area contributed by atoms with Crippen LogP contribution in [-0.2, 0) is 0 Å². The molecule has 0 radical (unpaired) electrons. The van der Waals surface area contributed by atoms with Gasteiger partial charge < -0.3 is 8.59 Å². The van der Waals surface area contributed by atoms with Gasteiger partial charge in [-0.2, -0.15) is 0 Å². The van der Waals surface area contributed by atoms with Crippen molar-refractivity contribution in [2.24, 2.45) is 11.7 Å². The van der Waals surface area contributed by atoms with E-state index in [-0.39, 0.29) is 25.9 Å². The van der Waals surface area contributed by atoms with Gasteiger partial charge in [0.05, 0.1) is 0 Å². The average molecular weight is 176 g/mol. The summed E-state index contributed by atoms with van der Waals surface area (Å²) in [6, 6.07) is 0. The van der Waals surface area contributed by atoms with Gasteiger partial charge in [-0.3, -0.25) is 0 Å². The van der Waals surface area contributed by atoms with Crippen LogP contribution in [0.15, 0.2) is 0 Å². The van der Waals surface area contributed by atoms with Crippen LogP contribution in [-0.4, -0.2) is 33.1 Å². The van der Waals surface area contributed by atoms with Crippen LogP contribution in [0.2, 0.25) is 0 Å². The van der Waals surface area contributed by atoms with Gasteiger partial charge in [0.2, 0.25) is 0 Å². The van der Waals surface area contributed by atoms with Gasteiger partial charge in [0.1, 0.15) is 4.32 Å². The minimum Gasteiger partial charge on any atom is -1.00 e. The zero-order valence-corrected chi connectivity index (χ0v) is 8.93. The molecule has 4 heteroatoms. The molecule has 0 aromatic carbocycles. The smallest absolute Gasteiger partial charge is 1.00 e. The van der Waals surface area contributed by atoms with Crippen LogP contribution >= 0.6 is 24.0 Å². The molecule has 0 aliphatic rings. The van der Waals surface area contributed by atoms with Crippen LogP contribution in [0, 0.1) is 5.92 Å². The Labute approximate surface area is 85.3 Å². The van der Waals surface area contributed by atoms with E-state index in [0.717, 1.165) is 5.75 Å². The first-order chi connectivity index (χ1) is 3.63. The van der Waals surface area contributed by atoms with Crippen LogP contribution in [0.3, 0.4) is 0 Å². The van der Waals surface area contributed by atoms with Crippen molar-refractivity contribution in [3.05, 3.63) is 0 Å². The number of rotatable bonds is 2. The molecule has 52 valence electrons. The maximum absolute atomic E-state index is 5.24. The first kappa shape index (κ1) is 12.7. The van der Waals surface area contributed by atoms with Crippen LogP contribution in [0.5, 0.6) is 0 Å². The second kappa shape index (κ2) is 7.12. The van der Waals surface area contributed by atoms with Gasteiger partial charge in [-0.25, -0.2) is 0 Å². The zero-order chi connectivity index (χ0) is 6.57. The largest absolute Gasteiger partial charge is 2.00 e. The molecule has 0 heterocycles. The van der Waals surface area contributed by atoms with Crippen molar-refractivity contribution < 1.29 is 2.85 Å². The molecular formula is C5H13MgNS2. The molecule has 0 amide bonds. The van der Waals surface area contributed by atoms with Gasteiger partial charge >= 0.3 is 23.1 Å². The molecule has 1 nitrogen and oxygen atoms in total. The van der Waals surface area contributed by atoms with Gasteiger partial charge in [-0.05, 0) is 5.92 Å². The Morgan fingerprint density at radius 1 is 1.78 bits per heavy atom. The third-order valence-electron chi connectivity index (χ3n) is 0.559. The van der Waals surface area contributed by atoms with Crippen molar-refractivity contribution in [2.75, 3.05) is 5.75 Å². The molecule has 0 aromatic rings. The number of hydrogen-bond donors (Lipinski definition) is 1. The van der Waals surface area contributed by atoms with Gasteiger partial charge in [0.15, 0.2) is 0 Å². The molecule has 2 N–H and O–H groups in total. The standard InChI is InChI=1S/C5H11NS2.Mg.2H/c1-4(2)3-8-5(6)7;;;/h4H,3H2,1-2H3,(H2,6,7);;;/q;+2;2*-1. The fourth-order valence-corrected chi connectivity index (χ4v) is 0.951. The summed E-state index contributed by atoms with van der Waals surface area (Å²) in [5.41, 5.74) is 5.24. The van der Waals surface area contributed by atoms with E-state index in [1.54, 1.807) is 11.8 Å². The van der Waals surface area contributed by atoms with Crippen molar-refractivity contribution in [3.8, 4) is 0 Å². The third-order valence-corrected chi connectivity index (χ3v) is 2.03. The maximum atomic E-state index is 5.24. The van der Waals surface area contributed by atoms with Crippen LogP contribution in [0.1, 0.15) is 16.7 Å². The molecule has 0 aliphatic carbocycles. The summed E-state index contributed by atoms with van der Waals surface area (Å²) in [6.07, 6.45) is 0. The predicted octanol–water partition coefficient (Wildman–Crippen LogP) is 1.46. The van der Waals surface area contributed by atoms with Crippen molar-refractivity contribution in [3.63, 3.8) is 0 Å². The summed E-state index contributed by atoms with van der Waals surface area (Å²) in [6.45, 7) is 4.29. The minimum absolute atomic E-state index is 0. The molecule has 9 heavy (non-hydrogen) atoms.